The predicted octanol–water partition coefficient (Wildman–Crippen LogP) is 3.05. The van der Waals surface area contributed by atoms with Crippen LogP contribution in [0.3, 0.4) is 0 Å². The second-order valence-corrected chi connectivity index (χ2v) is 5.73. The van der Waals surface area contributed by atoms with Crippen LogP contribution in [-0.2, 0) is 7.05 Å². The quantitative estimate of drug-likeness (QED) is 0.867. The minimum absolute atomic E-state index is 0.0878. The molecule has 4 nitrogen and oxygen atoms in total. The van der Waals surface area contributed by atoms with Crippen molar-refractivity contribution in [2.24, 2.45) is 7.05 Å². The fourth-order valence-electron chi connectivity index (χ4n) is 2.81. The van der Waals surface area contributed by atoms with Crippen molar-refractivity contribution >= 4 is 26.8 Å². The summed E-state index contributed by atoms with van der Waals surface area (Å²) in [6.45, 7) is 6.05. The topological polar surface area (TPSA) is 39.0 Å². The Morgan fingerprint density at radius 2 is 1.90 bits per heavy atom. The molecule has 1 saturated heterocycles. The fraction of sp³-hybridized carbons (Fsp3) is 0.533. The van der Waals surface area contributed by atoms with Gasteiger partial charge in [0.15, 0.2) is 0 Å². The zero-order valence-corrected chi connectivity index (χ0v) is 13.9. The molecule has 0 saturated carbocycles. The maximum atomic E-state index is 12.2. The minimum atomic E-state index is 0.0878. The van der Waals surface area contributed by atoms with Gasteiger partial charge in [-0.2, -0.15) is 0 Å². The number of rotatable bonds is 1. The summed E-state index contributed by atoms with van der Waals surface area (Å²) < 4.78 is 4.87. The van der Waals surface area contributed by atoms with Gasteiger partial charge >= 0.3 is 0 Å². The first-order chi connectivity index (χ1) is 9.68. The average Bonchev–Trinajstić information content (AvgIpc) is 2.74. The van der Waals surface area contributed by atoms with E-state index in [1.165, 1.54) is 0 Å². The van der Waals surface area contributed by atoms with E-state index in [1.54, 1.807) is 4.68 Å². The molecule has 0 atom stereocenters. The molecule has 20 heavy (non-hydrogen) atoms. The van der Waals surface area contributed by atoms with E-state index in [0.717, 1.165) is 41.3 Å². The van der Waals surface area contributed by atoms with E-state index >= 15 is 0 Å². The molecule has 0 radical (unpaired) electrons. The number of hydrogen-bond donors (Lipinski definition) is 1. The van der Waals surface area contributed by atoms with Crippen LogP contribution < -0.4 is 10.9 Å². The number of piperidine rings is 1. The van der Waals surface area contributed by atoms with Crippen LogP contribution in [-0.4, -0.2) is 22.5 Å². The molecular weight excluding hydrogens is 318 g/mol. The molecule has 1 aliphatic rings. The molecule has 1 aromatic heterocycles. The minimum Gasteiger partial charge on any atom is -0.317 e. The number of nitrogens with zero attached hydrogens (tertiary/aromatic N) is 2. The first-order valence-corrected chi connectivity index (χ1v) is 8.05. The largest absolute Gasteiger partial charge is 0.317 e. The number of fused-ring (bicyclic) bond motifs is 1. The molecule has 0 unspecified atom stereocenters. The van der Waals surface area contributed by atoms with Crippen molar-refractivity contribution in [2.75, 3.05) is 13.1 Å². The average molecular weight is 340 g/mol. The molecule has 1 N–H and O–H groups in total. The summed E-state index contributed by atoms with van der Waals surface area (Å²) in [5.74, 6) is 0. The summed E-state index contributed by atoms with van der Waals surface area (Å²) in [5.41, 5.74) is 1.13. The Hall–Kier alpha value is -1.07. The summed E-state index contributed by atoms with van der Waals surface area (Å²) in [6, 6.07) is 6.36. The Kier molecular flexibility index (Phi) is 5.05. The monoisotopic (exact) mass is 339 g/mol. The third-order valence-corrected chi connectivity index (χ3v) is 4.20. The molecule has 2 heterocycles. The number of hydrogen-bond acceptors (Lipinski definition) is 2. The summed E-state index contributed by atoms with van der Waals surface area (Å²) in [6.07, 6.45) is 2.15. The molecule has 3 rings (SSSR count). The van der Waals surface area contributed by atoms with Crippen LogP contribution in [0.1, 0.15) is 32.7 Å². The maximum absolute atomic E-state index is 12.2. The van der Waals surface area contributed by atoms with E-state index in [2.05, 4.69) is 25.9 Å². The second-order valence-electron chi connectivity index (χ2n) is 4.82. The van der Waals surface area contributed by atoms with E-state index in [9.17, 15) is 4.79 Å². The summed E-state index contributed by atoms with van der Waals surface area (Å²) >= 11 is 3.43. The normalized spacial score (nSPS) is 16.0. The van der Waals surface area contributed by atoms with Crippen molar-refractivity contribution in [1.29, 1.82) is 0 Å². The lowest BCUT2D eigenvalue weighted by molar-refractivity contribution is 0.319. The van der Waals surface area contributed by atoms with Gasteiger partial charge in [-0.05, 0) is 44.1 Å². The van der Waals surface area contributed by atoms with Gasteiger partial charge in [0.1, 0.15) is 0 Å². The van der Waals surface area contributed by atoms with Crippen LogP contribution in [0.4, 0.5) is 0 Å². The van der Waals surface area contributed by atoms with Crippen molar-refractivity contribution in [2.45, 2.75) is 32.7 Å². The lowest BCUT2D eigenvalue weighted by atomic mass is 10.1. The highest BCUT2D eigenvalue weighted by Gasteiger charge is 2.20. The van der Waals surface area contributed by atoms with Crippen LogP contribution in [0.25, 0.3) is 10.9 Å². The van der Waals surface area contributed by atoms with Crippen molar-refractivity contribution in [1.82, 2.24) is 14.7 Å². The van der Waals surface area contributed by atoms with Gasteiger partial charge in [-0.3, -0.25) is 14.2 Å². The first kappa shape index (κ1) is 15.3. The number of nitrogens with one attached hydrogen (secondary N) is 1. The van der Waals surface area contributed by atoms with Gasteiger partial charge in [0, 0.05) is 11.5 Å². The SMILES string of the molecule is CC.Cn1c(=O)c2cc(Br)ccc2n1C1CCNCC1. The standard InChI is InChI=1S/C13H16BrN3O.C2H6/c1-16-13(18)11-8-9(14)2-3-12(11)17(16)10-4-6-15-7-5-10;1-2/h2-3,8,10,15H,4-7H2,1H3;1-2H3. The highest BCUT2D eigenvalue weighted by atomic mass is 79.9. The molecule has 1 fully saturated rings. The number of benzene rings is 1. The van der Waals surface area contributed by atoms with Gasteiger partial charge in [-0.1, -0.05) is 29.8 Å². The molecule has 1 aromatic carbocycles. The molecule has 0 amide bonds. The number of halogens is 1. The van der Waals surface area contributed by atoms with Gasteiger partial charge in [-0.25, -0.2) is 0 Å². The van der Waals surface area contributed by atoms with Crippen molar-refractivity contribution in [3.63, 3.8) is 0 Å². The van der Waals surface area contributed by atoms with E-state index in [4.69, 9.17) is 0 Å². The van der Waals surface area contributed by atoms with Crippen molar-refractivity contribution < 1.29 is 0 Å². The molecule has 0 aliphatic carbocycles. The Labute approximate surface area is 127 Å². The summed E-state index contributed by atoms with van der Waals surface area (Å²) in [4.78, 5) is 12.2. The lowest BCUT2D eigenvalue weighted by Gasteiger charge is -2.26. The van der Waals surface area contributed by atoms with E-state index in [0.29, 0.717) is 6.04 Å². The zero-order chi connectivity index (χ0) is 14.7. The molecule has 5 heteroatoms. The maximum Gasteiger partial charge on any atom is 0.274 e. The van der Waals surface area contributed by atoms with Crippen LogP contribution in [0.5, 0.6) is 0 Å². The fourth-order valence-corrected chi connectivity index (χ4v) is 3.17. The van der Waals surface area contributed by atoms with Gasteiger partial charge in [-0.15, -0.1) is 0 Å². The van der Waals surface area contributed by atoms with Crippen LogP contribution in [0, 0.1) is 0 Å². The Balaban J connectivity index is 0.000000704. The molecule has 1 aliphatic heterocycles. The predicted molar refractivity (Wildman–Crippen MR) is 87.4 cm³/mol. The van der Waals surface area contributed by atoms with Gasteiger partial charge in [0.25, 0.3) is 5.56 Å². The third kappa shape index (κ3) is 2.69. The molecule has 0 spiro atoms. The van der Waals surface area contributed by atoms with E-state index < -0.39 is 0 Å². The summed E-state index contributed by atoms with van der Waals surface area (Å²) in [7, 11) is 1.86. The highest BCUT2D eigenvalue weighted by Crippen LogP contribution is 2.25. The summed E-state index contributed by atoms with van der Waals surface area (Å²) in [5, 5.41) is 4.16. The first-order valence-electron chi connectivity index (χ1n) is 7.26. The van der Waals surface area contributed by atoms with E-state index in [-0.39, 0.29) is 5.56 Å². The van der Waals surface area contributed by atoms with Crippen LogP contribution in [0.15, 0.2) is 27.5 Å². The molecule has 2 aromatic rings. The van der Waals surface area contributed by atoms with Gasteiger partial charge < -0.3 is 5.32 Å². The van der Waals surface area contributed by atoms with Crippen LogP contribution in [0.2, 0.25) is 0 Å². The molecule has 0 bridgehead atoms. The zero-order valence-electron chi connectivity index (χ0n) is 12.3. The highest BCUT2D eigenvalue weighted by molar-refractivity contribution is 9.10. The van der Waals surface area contributed by atoms with Gasteiger partial charge in [0.2, 0.25) is 0 Å². The van der Waals surface area contributed by atoms with Crippen molar-refractivity contribution in [3.05, 3.63) is 33.0 Å². The Morgan fingerprint density at radius 1 is 1.25 bits per heavy atom. The van der Waals surface area contributed by atoms with Crippen molar-refractivity contribution in [3.8, 4) is 0 Å². The second kappa shape index (κ2) is 6.59. The third-order valence-electron chi connectivity index (χ3n) is 3.71. The molecule has 110 valence electrons. The number of aromatic nitrogens is 2. The smallest absolute Gasteiger partial charge is 0.274 e. The Bertz CT molecular complexity index is 638. The Morgan fingerprint density at radius 3 is 2.55 bits per heavy atom. The van der Waals surface area contributed by atoms with E-state index in [1.807, 2.05) is 39.1 Å². The molecular formula is C15H22BrN3O. The van der Waals surface area contributed by atoms with Gasteiger partial charge in [0.05, 0.1) is 16.9 Å². The lowest BCUT2D eigenvalue weighted by Crippen LogP contribution is -2.32. The van der Waals surface area contributed by atoms with Crippen LogP contribution >= 0.6 is 15.9 Å².